The summed E-state index contributed by atoms with van der Waals surface area (Å²) < 4.78 is 16.4. The van der Waals surface area contributed by atoms with Crippen molar-refractivity contribution in [2.24, 2.45) is 0 Å². The fourth-order valence-electron chi connectivity index (χ4n) is 4.93. The number of rotatable bonds is 11. The van der Waals surface area contributed by atoms with Gasteiger partial charge in [0.25, 0.3) is 0 Å². The molecule has 3 aromatic rings. The first-order valence-electron chi connectivity index (χ1n) is 13.5. The van der Waals surface area contributed by atoms with Crippen LogP contribution in [0.5, 0.6) is 11.6 Å². The molecule has 9 heteroatoms. The maximum atomic E-state index is 11.4. The quantitative estimate of drug-likeness (QED) is 0.273. The third-order valence-corrected chi connectivity index (χ3v) is 8.03. The Morgan fingerprint density at radius 1 is 1.05 bits per heavy atom. The summed E-state index contributed by atoms with van der Waals surface area (Å²) in [5.41, 5.74) is 3.79. The Bertz CT molecular complexity index is 1230. The molecule has 202 valence electrons. The first-order valence-corrected chi connectivity index (χ1v) is 14.5. The highest BCUT2D eigenvalue weighted by Gasteiger charge is 2.22. The zero-order chi connectivity index (χ0) is 26.2. The van der Waals surface area contributed by atoms with Crippen molar-refractivity contribution in [3.63, 3.8) is 0 Å². The molecule has 2 aliphatic rings. The third-order valence-electron chi connectivity index (χ3n) is 6.92. The number of aromatic nitrogens is 1. The molecule has 1 amide bonds. The SMILES string of the molecule is CCNC(=O)OCOc1ccc2ccc(OCCCCN3CCN(c4cccc5c4CCS5)CC3)cc2n1. The standard InChI is InChI=1S/C29H36N4O4S/c1-2-30-29(34)37-21-36-28-11-9-22-8-10-23(20-25(22)31-28)35-18-4-3-13-32-14-16-33(17-15-32)26-6-5-7-27-24(26)12-19-38-27/h5-11,20H,2-4,12-19,21H2,1H3,(H,30,34). The van der Waals surface area contributed by atoms with E-state index in [1.165, 1.54) is 22.8 Å². The van der Waals surface area contributed by atoms with Crippen LogP contribution in [-0.2, 0) is 11.2 Å². The van der Waals surface area contributed by atoms with Gasteiger partial charge in [-0.15, -0.1) is 11.8 Å². The van der Waals surface area contributed by atoms with Gasteiger partial charge in [0, 0.05) is 66.6 Å². The van der Waals surface area contributed by atoms with Gasteiger partial charge in [0.05, 0.1) is 12.1 Å². The van der Waals surface area contributed by atoms with Crippen molar-refractivity contribution in [2.75, 3.05) is 63.3 Å². The summed E-state index contributed by atoms with van der Waals surface area (Å²) in [6.07, 6.45) is 2.81. The summed E-state index contributed by atoms with van der Waals surface area (Å²) in [4.78, 5) is 22.5. The van der Waals surface area contributed by atoms with Crippen LogP contribution in [0.15, 0.2) is 53.4 Å². The summed E-state index contributed by atoms with van der Waals surface area (Å²) in [6.45, 7) is 8.36. The summed E-state index contributed by atoms with van der Waals surface area (Å²) in [5, 5.41) is 3.54. The van der Waals surface area contributed by atoms with Gasteiger partial charge in [0.1, 0.15) is 5.75 Å². The van der Waals surface area contributed by atoms with E-state index in [0.29, 0.717) is 19.0 Å². The first kappa shape index (κ1) is 26.4. The predicted molar refractivity (Wildman–Crippen MR) is 152 cm³/mol. The average Bonchev–Trinajstić information content (AvgIpc) is 3.43. The summed E-state index contributed by atoms with van der Waals surface area (Å²) in [7, 11) is 0. The Hall–Kier alpha value is -3.17. The molecule has 0 bridgehead atoms. The fraction of sp³-hybridized carbons (Fsp3) is 0.448. The molecule has 0 atom stereocenters. The Labute approximate surface area is 228 Å². The number of benzene rings is 2. The monoisotopic (exact) mass is 536 g/mol. The molecule has 1 fully saturated rings. The van der Waals surface area contributed by atoms with E-state index in [2.05, 4.69) is 38.3 Å². The lowest BCUT2D eigenvalue weighted by Crippen LogP contribution is -2.47. The van der Waals surface area contributed by atoms with Crippen molar-refractivity contribution in [2.45, 2.75) is 31.1 Å². The molecular formula is C29H36N4O4S. The smallest absolute Gasteiger partial charge is 0.410 e. The number of carbonyl (C=O) groups is 1. The number of fused-ring (bicyclic) bond motifs is 2. The van der Waals surface area contributed by atoms with Crippen molar-refractivity contribution >= 4 is 34.4 Å². The highest BCUT2D eigenvalue weighted by Crippen LogP contribution is 2.37. The maximum absolute atomic E-state index is 11.4. The van der Waals surface area contributed by atoms with Crippen LogP contribution in [0.4, 0.5) is 10.5 Å². The number of hydrogen-bond acceptors (Lipinski definition) is 8. The van der Waals surface area contributed by atoms with Gasteiger partial charge in [0.2, 0.25) is 12.7 Å². The number of ether oxygens (including phenoxy) is 3. The normalized spacial score (nSPS) is 15.3. The molecule has 0 unspecified atom stereocenters. The number of nitrogens with zero attached hydrogens (tertiary/aromatic N) is 3. The number of pyridine rings is 1. The average molecular weight is 537 g/mol. The van der Waals surface area contributed by atoms with Gasteiger partial charge in [-0.1, -0.05) is 6.07 Å². The van der Waals surface area contributed by atoms with Crippen LogP contribution in [0.25, 0.3) is 10.9 Å². The molecule has 0 radical (unpaired) electrons. The molecule has 38 heavy (non-hydrogen) atoms. The van der Waals surface area contributed by atoms with Crippen LogP contribution in [0.2, 0.25) is 0 Å². The van der Waals surface area contributed by atoms with Gasteiger partial charge in [-0.25, -0.2) is 9.78 Å². The van der Waals surface area contributed by atoms with Gasteiger partial charge in [-0.3, -0.25) is 4.90 Å². The van der Waals surface area contributed by atoms with Crippen LogP contribution in [-0.4, -0.2) is 74.4 Å². The number of carbonyl (C=O) groups excluding carboxylic acids is 1. The van der Waals surface area contributed by atoms with Crippen molar-refractivity contribution < 1.29 is 19.0 Å². The zero-order valence-corrected chi connectivity index (χ0v) is 22.8. The minimum Gasteiger partial charge on any atom is -0.494 e. The van der Waals surface area contributed by atoms with E-state index < -0.39 is 6.09 Å². The van der Waals surface area contributed by atoms with Crippen molar-refractivity contribution in [3.05, 3.63) is 54.1 Å². The summed E-state index contributed by atoms with van der Waals surface area (Å²) in [5.74, 6) is 2.41. The number of piperazine rings is 1. The Kier molecular flexibility index (Phi) is 9.09. The number of hydrogen-bond donors (Lipinski definition) is 1. The number of nitrogens with one attached hydrogen (secondary N) is 1. The Morgan fingerprint density at radius 3 is 2.79 bits per heavy atom. The van der Waals surface area contributed by atoms with E-state index in [9.17, 15) is 4.79 Å². The predicted octanol–water partition coefficient (Wildman–Crippen LogP) is 4.95. The highest BCUT2D eigenvalue weighted by atomic mass is 32.2. The molecule has 8 nitrogen and oxygen atoms in total. The topological polar surface area (TPSA) is 76.2 Å². The largest absolute Gasteiger partial charge is 0.494 e. The lowest BCUT2D eigenvalue weighted by Gasteiger charge is -2.37. The summed E-state index contributed by atoms with van der Waals surface area (Å²) in [6, 6.07) is 16.4. The maximum Gasteiger partial charge on any atom is 0.410 e. The number of anilines is 1. The zero-order valence-electron chi connectivity index (χ0n) is 22.0. The second-order valence-electron chi connectivity index (χ2n) is 9.46. The van der Waals surface area contributed by atoms with E-state index in [-0.39, 0.29) is 6.79 Å². The van der Waals surface area contributed by atoms with Crippen molar-refractivity contribution in [1.29, 1.82) is 0 Å². The van der Waals surface area contributed by atoms with Crippen LogP contribution in [0.1, 0.15) is 25.3 Å². The summed E-state index contributed by atoms with van der Waals surface area (Å²) >= 11 is 1.99. The Morgan fingerprint density at radius 2 is 1.92 bits per heavy atom. The van der Waals surface area contributed by atoms with Gasteiger partial charge in [0.15, 0.2) is 0 Å². The molecule has 2 aromatic carbocycles. The molecule has 2 aliphatic heterocycles. The van der Waals surface area contributed by atoms with E-state index in [0.717, 1.165) is 62.2 Å². The molecule has 1 N–H and O–H groups in total. The number of amides is 1. The van der Waals surface area contributed by atoms with E-state index in [1.54, 1.807) is 11.6 Å². The molecule has 1 aromatic heterocycles. The van der Waals surface area contributed by atoms with Crippen LogP contribution >= 0.6 is 11.8 Å². The van der Waals surface area contributed by atoms with Crippen molar-refractivity contribution in [3.8, 4) is 11.6 Å². The van der Waals surface area contributed by atoms with E-state index in [1.807, 2.05) is 43.0 Å². The molecule has 5 rings (SSSR count). The first-order chi connectivity index (χ1) is 18.7. The minimum atomic E-state index is -0.513. The van der Waals surface area contributed by atoms with Crippen molar-refractivity contribution in [1.82, 2.24) is 15.2 Å². The number of unbranched alkanes of at least 4 members (excludes halogenated alkanes) is 1. The molecule has 0 spiro atoms. The van der Waals surface area contributed by atoms with Crippen LogP contribution < -0.4 is 19.7 Å². The van der Waals surface area contributed by atoms with Crippen LogP contribution in [0.3, 0.4) is 0 Å². The third kappa shape index (κ3) is 6.82. The fourth-order valence-corrected chi connectivity index (χ4v) is 6.01. The lowest BCUT2D eigenvalue weighted by molar-refractivity contribution is 0.0574. The Balaban J connectivity index is 1.02. The minimum absolute atomic E-state index is 0.192. The molecule has 3 heterocycles. The van der Waals surface area contributed by atoms with Gasteiger partial charge < -0.3 is 24.4 Å². The second-order valence-corrected chi connectivity index (χ2v) is 10.6. The van der Waals surface area contributed by atoms with Gasteiger partial charge in [-0.05, 0) is 68.6 Å². The molecular weight excluding hydrogens is 500 g/mol. The lowest BCUT2D eigenvalue weighted by atomic mass is 10.1. The number of thioether (sulfide) groups is 1. The molecule has 0 aliphatic carbocycles. The number of alkyl carbamates (subject to hydrolysis) is 1. The van der Waals surface area contributed by atoms with Gasteiger partial charge >= 0.3 is 6.09 Å². The second kappa shape index (κ2) is 13.1. The van der Waals surface area contributed by atoms with E-state index in [4.69, 9.17) is 14.2 Å². The van der Waals surface area contributed by atoms with Gasteiger partial charge in [-0.2, -0.15) is 0 Å². The van der Waals surface area contributed by atoms with Crippen LogP contribution in [0, 0.1) is 0 Å². The molecule has 1 saturated heterocycles. The highest BCUT2D eigenvalue weighted by molar-refractivity contribution is 7.99. The van der Waals surface area contributed by atoms with E-state index >= 15 is 0 Å². The molecule has 0 saturated carbocycles.